The molecule has 0 spiro atoms. The van der Waals surface area contributed by atoms with Crippen LogP contribution in [0.25, 0.3) is 0 Å². The van der Waals surface area contributed by atoms with Crippen LogP contribution in [0.2, 0.25) is 0 Å². The summed E-state index contributed by atoms with van der Waals surface area (Å²) in [6.45, 7) is 6.39. The molecule has 1 heterocycles. The molecule has 0 saturated heterocycles. The van der Waals surface area contributed by atoms with Gasteiger partial charge in [0, 0.05) is 5.75 Å². The number of nitrogens with one attached hydrogen (secondary N) is 2. The Labute approximate surface area is 111 Å². The number of likely N-dealkylation sites (N-methyl/N-ethyl adjacent to an activating group) is 1. The van der Waals surface area contributed by atoms with Gasteiger partial charge in [-0.2, -0.15) is 0 Å². The highest BCUT2D eigenvalue weighted by atomic mass is 32.2. The Balaban J connectivity index is 2.49. The van der Waals surface area contributed by atoms with Gasteiger partial charge in [0.1, 0.15) is 11.4 Å². The molecule has 1 atom stereocenters. The normalized spacial score (nSPS) is 14.2. The number of ether oxygens (including phenoxy) is 1. The molecule has 1 rings (SSSR count). The van der Waals surface area contributed by atoms with Gasteiger partial charge in [-0.25, -0.2) is 4.98 Å². The van der Waals surface area contributed by atoms with E-state index in [0.717, 1.165) is 18.1 Å². The summed E-state index contributed by atoms with van der Waals surface area (Å²) in [6.07, 6.45) is 0.658. The molecule has 1 aromatic heterocycles. The van der Waals surface area contributed by atoms with E-state index < -0.39 is 5.54 Å². The Morgan fingerprint density at radius 1 is 1.61 bits per heavy atom. The Morgan fingerprint density at radius 2 is 2.33 bits per heavy atom. The van der Waals surface area contributed by atoms with Crippen LogP contribution in [0.1, 0.15) is 26.1 Å². The molecule has 0 aliphatic carbocycles. The number of aromatic amines is 1. The van der Waals surface area contributed by atoms with E-state index in [1.54, 1.807) is 0 Å². The third kappa shape index (κ3) is 3.99. The molecule has 102 valence electrons. The van der Waals surface area contributed by atoms with Gasteiger partial charge in [0.2, 0.25) is 5.16 Å². The Morgan fingerprint density at radius 3 is 2.83 bits per heavy atom. The minimum atomic E-state index is -0.651. The minimum absolute atomic E-state index is 0.240. The van der Waals surface area contributed by atoms with Gasteiger partial charge < -0.3 is 10.1 Å². The van der Waals surface area contributed by atoms with Crippen LogP contribution in [0.3, 0.4) is 0 Å². The van der Waals surface area contributed by atoms with Crippen molar-refractivity contribution < 1.29 is 9.53 Å². The predicted octanol–water partition coefficient (Wildman–Crippen LogP) is 1.14. The fraction of sp³-hybridized carbons (Fsp3) is 0.727. The lowest BCUT2D eigenvalue weighted by molar-refractivity contribution is -0.147. The van der Waals surface area contributed by atoms with Crippen LogP contribution in [0.5, 0.6) is 0 Å². The quantitative estimate of drug-likeness (QED) is 0.572. The van der Waals surface area contributed by atoms with Crippen LogP contribution in [0.4, 0.5) is 0 Å². The Hall–Kier alpha value is -1.08. The van der Waals surface area contributed by atoms with E-state index in [-0.39, 0.29) is 5.97 Å². The van der Waals surface area contributed by atoms with E-state index in [4.69, 9.17) is 4.74 Å². The van der Waals surface area contributed by atoms with Gasteiger partial charge in [-0.15, -0.1) is 5.10 Å². The van der Waals surface area contributed by atoms with Gasteiger partial charge in [0.05, 0.1) is 7.11 Å². The second-order valence-corrected chi connectivity index (χ2v) is 5.22. The first-order valence-corrected chi connectivity index (χ1v) is 6.85. The van der Waals surface area contributed by atoms with Gasteiger partial charge >= 0.3 is 5.97 Å². The molecule has 0 saturated carbocycles. The molecule has 0 aliphatic heterocycles. The molecule has 6 nitrogen and oxygen atoms in total. The number of rotatable bonds is 7. The summed E-state index contributed by atoms with van der Waals surface area (Å²) in [5.41, 5.74) is -0.651. The van der Waals surface area contributed by atoms with Crippen LogP contribution in [0.15, 0.2) is 5.16 Å². The number of H-pyrrole nitrogens is 1. The van der Waals surface area contributed by atoms with Gasteiger partial charge in [-0.05, 0) is 26.8 Å². The van der Waals surface area contributed by atoms with E-state index >= 15 is 0 Å². The lowest BCUT2D eigenvalue weighted by atomic mass is 9.99. The zero-order valence-corrected chi connectivity index (χ0v) is 12.1. The second kappa shape index (κ2) is 6.75. The first-order chi connectivity index (χ1) is 8.51. The number of hydrogen-bond acceptors (Lipinski definition) is 6. The number of esters is 1. The fourth-order valence-corrected chi connectivity index (χ4v) is 2.62. The summed E-state index contributed by atoms with van der Waals surface area (Å²) in [5.74, 6) is 1.30. The topological polar surface area (TPSA) is 79.9 Å². The summed E-state index contributed by atoms with van der Waals surface area (Å²) in [6, 6.07) is 0. The molecule has 0 aromatic carbocycles. The van der Waals surface area contributed by atoms with E-state index in [1.807, 2.05) is 20.8 Å². The van der Waals surface area contributed by atoms with Crippen LogP contribution >= 0.6 is 11.8 Å². The number of thioether (sulfide) groups is 1. The smallest absolute Gasteiger partial charge is 0.325 e. The molecule has 0 amide bonds. The summed E-state index contributed by atoms with van der Waals surface area (Å²) in [7, 11) is 1.41. The number of carbonyl (C=O) groups excluding carboxylic acids is 1. The first-order valence-electron chi connectivity index (χ1n) is 5.87. The lowest BCUT2D eigenvalue weighted by Crippen LogP contribution is -2.50. The molecule has 0 aliphatic rings. The van der Waals surface area contributed by atoms with Crippen LogP contribution in [-0.4, -0.2) is 46.1 Å². The maximum Gasteiger partial charge on any atom is 0.325 e. The number of aryl methyl sites for hydroxylation is 1. The van der Waals surface area contributed by atoms with Crippen molar-refractivity contribution in [2.24, 2.45) is 0 Å². The number of hydrogen-bond donors (Lipinski definition) is 2. The van der Waals surface area contributed by atoms with Gasteiger partial charge in [-0.3, -0.25) is 9.89 Å². The Kier molecular flexibility index (Phi) is 5.61. The highest BCUT2D eigenvalue weighted by Crippen LogP contribution is 2.19. The van der Waals surface area contributed by atoms with E-state index in [1.165, 1.54) is 18.9 Å². The molecule has 7 heteroatoms. The highest BCUT2D eigenvalue weighted by Gasteiger charge is 2.32. The fourth-order valence-electron chi connectivity index (χ4n) is 1.61. The van der Waals surface area contributed by atoms with E-state index in [2.05, 4.69) is 20.5 Å². The van der Waals surface area contributed by atoms with Crippen molar-refractivity contribution in [2.75, 3.05) is 19.4 Å². The molecule has 1 unspecified atom stereocenters. The summed E-state index contributed by atoms with van der Waals surface area (Å²) < 4.78 is 4.83. The van der Waals surface area contributed by atoms with E-state index in [9.17, 15) is 4.79 Å². The molecular weight excluding hydrogens is 252 g/mol. The number of carbonyl (C=O) groups is 1. The van der Waals surface area contributed by atoms with Crippen molar-refractivity contribution in [3.05, 3.63) is 5.82 Å². The highest BCUT2D eigenvalue weighted by molar-refractivity contribution is 7.99. The van der Waals surface area contributed by atoms with Crippen molar-refractivity contribution >= 4 is 17.7 Å². The number of nitrogens with zero attached hydrogens (tertiary/aromatic N) is 2. The average molecular weight is 272 g/mol. The molecule has 0 radical (unpaired) electrons. The maximum absolute atomic E-state index is 11.7. The molecule has 2 N–H and O–H groups in total. The molecule has 0 bridgehead atoms. The molecule has 0 fully saturated rings. The van der Waals surface area contributed by atoms with Crippen molar-refractivity contribution in [1.29, 1.82) is 0 Å². The number of methoxy groups -OCH3 is 1. The van der Waals surface area contributed by atoms with Crippen molar-refractivity contribution in [1.82, 2.24) is 20.5 Å². The largest absolute Gasteiger partial charge is 0.468 e. The zero-order valence-electron chi connectivity index (χ0n) is 11.2. The van der Waals surface area contributed by atoms with Crippen molar-refractivity contribution in [3.63, 3.8) is 0 Å². The monoisotopic (exact) mass is 272 g/mol. The van der Waals surface area contributed by atoms with Crippen molar-refractivity contribution in [3.8, 4) is 0 Å². The van der Waals surface area contributed by atoms with Gasteiger partial charge in [-0.1, -0.05) is 18.7 Å². The minimum Gasteiger partial charge on any atom is -0.468 e. The molecular formula is C11H20N4O2S. The molecule has 18 heavy (non-hydrogen) atoms. The maximum atomic E-state index is 11.7. The SMILES string of the molecule is CCNC(C)(CCSc1n[nH]c(C)n1)C(=O)OC. The third-order valence-electron chi connectivity index (χ3n) is 2.61. The zero-order chi connectivity index (χ0) is 13.6. The second-order valence-electron chi connectivity index (χ2n) is 4.16. The van der Waals surface area contributed by atoms with Crippen LogP contribution in [-0.2, 0) is 9.53 Å². The standard InChI is InChI=1S/C11H20N4O2S/c1-5-12-11(3,9(16)17-4)6-7-18-10-13-8(2)14-15-10/h12H,5-7H2,1-4H3,(H,13,14,15). The Bertz CT molecular complexity index is 396. The van der Waals surface area contributed by atoms with Crippen molar-refractivity contribution in [2.45, 2.75) is 37.9 Å². The number of aromatic nitrogens is 3. The third-order valence-corrected chi connectivity index (χ3v) is 3.46. The molecule has 1 aromatic rings. The van der Waals surface area contributed by atoms with E-state index in [0.29, 0.717) is 11.6 Å². The van der Waals surface area contributed by atoms with Gasteiger partial charge in [0.15, 0.2) is 0 Å². The van der Waals surface area contributed by atoms with Gasteiger partial charge in [0.25, 0.3) is 0 Å². The summed E-state index contributed by atoms with van der Waals surface area (Å²) in [5, 5.41) is 10.7. The van der Waals surface area contributed by atoms with Crippen LogP contribution in [0, 0.1) is 6.92 Å². The van der Waals surface area contributed by atoms with Crippen LogP contribution < -0.4 is 5.32 Å². The first kappa shape index (κ1) is 15.0. The summed E-state index contributed by atoms with van der Waals surface area (Å²) in [4.78, 5) is 15.9. The summed E-state index contributed by atoms with van der Waals surface area (Å²) >= 11 is 1.52. The average Bonchev–Trinajstić information content (AvgIpc) is 2.74. The predicted molar refractivity (Wildman–Crippen MR) is 70.6 cm³/mol. The lowest BCUT2D eigenvalue weighted by Gasteiger charge is -2.27.